The molecule has 0 aliphatic rings. The van der Waals surface area contributed by atoms with Crippen molar-refractivity contribution in [3.05, 3.63) is 40.1 Å². The molecule has 0 amide bonds. The number of hydrogen-bond donors (Lipinski definition) is 2. The van der Waals surface area contributed by atoms with Crippen LogP contribution in [0.2, 0.25) is 0 Å². The van der Waals surface area contributed by atoms with E-state index in [2.05, 4.69) is 10.2 Å². The summed E-state index contributed by atoms with van der Waals surface area (Å²) in [4.78, 5) is 11.4. The second kappa shape index (κ2) is 5.26. The van der Waals surface area contributed by atoms with Gasteiger partial charge in [0.15, 0.2) is 5.16 Å². The van der Waals surface area contributed by atoms with Gasteiger partial charge in [-0.05, 0) is 24.6 Å². The second-order valence-corrected chi connectivity index (χ2v) is 4.63. The Morgan fingerprint density at radius 3 is 3.00 bits per heavy atom. The number of aromatic amines is 1. The SMILES string of the molecule is CCn1c(SCc2ccc(F)cc2N)n[nH]c1=O. The van der Waals surface area contributed by atoms with Gasteiger partial charge >= 0.3 is 5.69 Å². The summed E-state index contributed by atoms with van der Waals surface area (Å²) in [5.41, 5.74) is 6.71. The number of thioether (sulfide) groups is 1. The number of anilines is 1. The number of H-pyrrole nitrogens is 1. The van der Waals surface area contributed by atoms with Crippen molar-refractivity contribution in [2.75, 3.05) is 5.73 Å². The molecule has 1 aromatic carbocycles. The first-order valence-electron chi connectivity index (χ1n) is 5.43. The fraction of sp³-hybridized carbons (Fsp3) is 0.273. The molecule has 0 fully saturated rings. The van der Waals surface area contributed by atoms with Crippen LogP contribution in [0.15, 0.2) is 28.2 Å². The maximum absolute atomic E-state index is 12.9. The monoisotopic (exact) mass is 268 g/mol. The normalized spacial score (nSPS) is 10.8. The Bertz CT molecular complexity index is 607. The minimum Gasteiger partial charge on any atom is -0.398 e. The number of halogens is 1. The van der Waals surface area contributed by atoms with Gasteiger partial charge in [0.2, 0.25) is 0 Å². The third-order valence-electron chi connectivity index (χ3n) is 2.50. The van der Waals surface area contributed by atoms with Crippen LogP contribution in [0.4, 0.5) is 10.1 Å². The zero-order chi connectivity index (χ0) is 13.1. The van der Waals surface area contributed by atoms with E-state index in [4.69, 9.17) is 5.73 Å². The molecular formula is C11H13FN4OS. The Hall–Kier alpha value is -1.76. The molecule has 18 heavy (non-hydrogen) atoms. The van der Waals surface area contributed by atoms with Crippen LogP contribution >= 0.6 is 11.8 Å². The molecule has 0 bridgehead atoms. The number of benzene rings is 1. The van der Waals surface area contributed by atoms with Crippen LogP contribution in [-0.4, -0.2) is 14.8 Å². The highest BCUT2D eigenvalue weighted by Crippen LogP contribution is 2.23. The van der Waals surface area contributed by atoms with Crippen molar-refractivity contribution in [2.24, 2.45) is 0 Å². The number of hydrogen-bond acceptors (Lipinski definition) is 4. The summed E-state index contributed by atoms with van der Waals surface area (Å²) in [5, 5.41) is 6.92. The summed E-state index contributed by atoms with van der Waals surface area (Å²) in [6.45, 7) is 2.42. The first-order chi connectivity index (χ1) is 8.61. The maximum atomic E-state index is 12.9. The summed E-state index contributed by atoms with van der Waals surface area (Å²) in [5.74, 6) is 0.183. The van der Waals surface area contributed by atoms with Crippen molar-refractivity contribution < 1.29 is 4.39 Å². The lowest BCUT2D eigenvalue weighted by molar-refractivity contribution is 0.628. The molecule has 2 rings (SSSR count). The lowest BCUT2D eigenvalue weighted by atomic mass is 10.2. The molecule has 0 unspecified atom stereocenters. The van der Waals surface area contributed by atoms with Gasteiger partial charge in [0.05, 0.1) is 0 Å². The molecule has 0 aliphatic heterocycles. The lowest BCUT2D eigenvalue weighted by Gasteiger charge is -2.05. The Morgan fingerprint density at radius 1 is 1.56 bits per heavy atom. The van der Waals surface area contributed by atoms with Crippen molar-refractivity contribution in [3.8, 4) is 0 Å². The minimum absolute atomic E-state index is 0.230. The number of nitrogens with zero attached hydrogens (tertiary/aromatic N) is 2. The summed E-state index contributed by atoms with van der Waals surface area (Å²) in [6.07, 6.45) is 0. The molecule has 3 N–H and O–H groups in total. The molecule has 0 aliphatic carbocycles. The van der Waals surface area contributed by atoms with Gasteiger partial charge in [-0.25, -0.2) is 14.3 Å². The maximum Gasteiger partial charge on any atom is 0.343 e. The second-order valence-electron chi connectivity index (χ2n) is 3.69. The van der Waals surface area contributed by atoms with Crippen molar-refractivity contribution in [1.29, 1.82) is 0 Å². The standard InChI is InChI=1S/C11H13FN4OS/c1-2-16-10(17)14-15-11(16)18-6-7-3-4-8(12)5-9(7)13/h3-5H,2,6,13H2,1H3,(H,14,17). The molecule has 0 radical (unpaired) electrons. The fourth-order valence-corrected chi connectivity index (χ4v) is 2.56. The molecule has 96 valence electrons. The van der Waals surface area contributed by atoms with E-state index in [0.717, 1.165) is 5.56 Å². The topological polar surface area (TPSA) is 76.7 Å². The molecule has 0 saturated heterocycles. The predicted molar refractivity (Wildman–Crippen MR) is 68.9 cm³/mol. The largest absolute Gasteiger partial charge is 0.398 e. The minimum atomic E-state index is -0.355. The third-order valence-corrected chi connectivity index (χ3v) is 3.53. The Morgan fingerprint density at radius 2 is 2.33 bits per heavy atom. The van der Waals surface area contributed by atoms with Gasteiger partial charge < -0.3 is 5.73 Å². The molecule has 0 spiro atoms. The predicted octanol–water partition coefficient (Wildman–Crippen LogP) is 1.60. The summed E-state index contributed by atoms with van der Waals surface area (Å²) in [7, 11) is 0. The highest BCUT2D eigenvalue weighted by atomic mass is 32.2. The zero-order valence-corrected chi connectivity index (χ0v) is 10.6. The highest BCUT2D eigenvalue weighted by molar-refractivity contribution is 7.98. The Labute approximate surface area is 107 Å². The summed E-state index contributed by atoms with van der Waals surface area (Å²) < 4.78 is 14.4. The number of nitrogens with two attached hydrogens (primary N) is 1. The molecule has 7 heteroatoms. The quantitative estimate of drug-likeness (QED) is 0.652. The van der Waals surface area contributed by atoms with Gasteiger partial charge in [0, 0.05) is 18.0 Å². The number of nitrogens with one attached hydrogen (secondary N) is 1. The Kier molecular flexibility index (Phi) is 3.71. The highest BCUT2D eigenvalue weighted by Gasteiger charge is 2.08. The number of nitrogen functional groups attached to an aromatic ring is 1. The van der Waals surface area contributed by atoms with Crippen LogP contribution in [0.1, 0.15) is 12.5 Å². The molecule has 0 atom stereocenters. The number of rotatable bonds is 4. The van der Waals surface area contributed by atoms with Crippen LogP contribution in [-0.2, 0) is 12.3 Å². The van der Waals surface area contributed by atoms with Crippen LogP contribution < -0.4 is 11.4 Å². The van der Waals surface area contributed by atoms with E-state index in [9.17, 15) is 9.18 Å². The molecule has 1 heterocycles. The summed E-state index contributed by atoms with van der Waals surface area (Å²) >= 11 is 1.38. The van der Waals surface area contributed by atoms with Crippen molar-refractivity contribution in [1.82, 2.24) is 14.8 Å². The first kappa shape index (κ1) is 12.7. The van der Waals surface area contributed by atoms with Crippen LogP contribution in [0, 0.1) is 5.82 Å². The number of aromatic nitrogens is 3. The van der Waals surface area contributed by atoms with Crippen molar-refractivity contribution >= 4 is 17.4 Å². The van der Waals surface area contributed by atoms with Gasteiger partial charge in [-0.15, -0.1) is 5.10 Å². The average Bonchev–Trinajstić information content (AvgIpc) is 2.69. The van der Waals surface area contributed by atoms with E-state index in [1.165, 1.54) is 28.5 Å². The third kappa shape index (κ3) is 2.56. The smallest absolute Gasteiger partial charge is 0.343 e. The molecule has 1 aromatic heterocycles. The van der Waals surface area contributed by atoms with E-state index < -0.39 is 0 Å². The van der Waals surface area contributed by atoms with Crippen LogP contribution in [0.3, 0.4) is 0 Å². The van der Waals surface area contributed by atoms with E-state index in [1.807, 2.05) is 6.92 Å². The molecule has 2 aromatic rings. The van der Waals surface area contributed by atoms with Gasteiger partial charge in [-0.1, -0.05) is 17.8 Å². The van der Waals surface area contributed by atoms with E-state index in [0.29, 0.717) is 23.1 Å². The van der Waals surface area contributed by atoms with Crippen LogP contribution in [0.25, 0.3) is 0 Å². The van der Waals surface area contributed by atoms with Gasteiger partial charge in [-0.3, -0.25) is 4.57 Å². The molecular weight excluding hydrogens is 255 g/mol. The van der Waals surface area contributed by atoms with E-state index >= 15 is 0 Å². The molecule has 5 nitrogen and oxygen atoms in total. The van der Waals surface area contributed by atoms with Gasteiger partial charge in [0.25, 0.3) is 0 Å². The Balaban J connectivity index is 2.14. The van der Waals surface area contributed by atoms with E-state index in [1.54, 1.807) is 6.07 Å². The first-order valence-corrected chi connectivity index (χ1v) is 6.42. The van der Waals surface area contributed by atoms with Gasteiger partial charge in [0.1, 0.15) is 5.82 Å². The lowest BCUT2D eigenvalue weighted by Crippen LogP contribution is -2.16. The fourth-order valence-electron chi connectivity index (χ4n) is 1.53. The average molecular weight is 268 g/mol. The van der Waals surface area contributed by atoms with Crippen molar-refractivity contribution in [3.63, 3.8) is 0 Å². The zero-order valence-electron chi connectivity index (χ0n) is 9.81. The van der Waals surface area contributed by atoms with Gasteiger partial charge in [-0.2, -0.15) is 0 Å². The van der Waals surface area contributed by atoms with Crippen molar-refractivity contribution in [2.45, 2.75) is 24.4 Å². The summed E-state index contributed by atoms with van der Waals surface area (Å²) in [6, 6.07) is 4.29. The molecule has 0 saturated carbocycles. The van der Waals surface area contributed by atoms with Crippen LogP contribution in [0.5, 0.6) is 0 Å². The van der Waals surface area contributed by atoms with E-state index in [-0.39, 0.29) is 11.5 Å².